The number of fused-ring (bicyclic) bond motifs is 1. The van der Waals surface area contributed by atoms with Crippen molar-refractivity contribution in [1.82, 2.24) is 30.1 Å². The molecule has 0 saturated heterocycles. The van der Waals surface area contributed by atoms with E-state index in [1.807, 2.05) is 71.4 Å². The molecule has 1 atom stereocenters. The highest BCUT2D eigenvalue weighted by molar-refractivity contribution is 5.80. The van der Waals surface area contributed by atoms with Crippen molar-refractivity contribution in [2.24, 2.45) is 5.92 Å². The fraction of sp³-hybridized carbons (Fsp3) is 0.290. The van der Waals surface area contributed by atoms with Crippen molar-refractivity contribution in [3.8, 4) is 11.5 Å². The van der Waals surface area contributed by atoms with Crippen LogP contribution >= 0.6 is 0 Å². The molecular formula is C31H34N6O3. The van der Waals surface area contributed by atoms with Gasteiger partial charge in [0.2, 0.25) is 0 Å². The summed E-state index contributed by atoms with van der Waals surface area (Å²) in [5, 5.41) is 13.8. The van der Waals surface area contributed by atoms with Crippen LogP contribution in [0, 0.1) is 5.92 Å². The summed E-state index contributed by atoms with van der Waals surface area (Å²) in [6.07, 6.45) is 0. The van der Waals surface area contributed by atoms with Crippen LogP contribution in [0.2, 0.25) is 0 Å². The van der Waals surface area contributed by atoms with Crippen molar-refractivity contribution in [1.29, 1.82) is 0 Å². The molecule has 9 heteroatoms. The molecule has 0 amide bonds. The van der Waals surface area contributed by atoms with Crippen LogP contribution in [0.4, 0.5) is 0 Å². The average Bonchev–Trinajstić information content (AvgIpc) is 3.41. The Kier molecular flexibility index (Phi) is 8.21. The third kappa shape index (κ3) is 6.05. The van der Waals surface area contributed by atoms with Crippen molar-refractivity contribution in [3.05, 3.63) is 112 Å². The van der Waals surface area contributed by atoms with E-state index in [2.05, 4.69) is 51.4 Å². The van der Waals surface area contributed by atoms with E-state index in [9.17, 15) is 4.79 Å². The molecule has 0 bridgehead atoms. The molecule has 2 heterocycles. The smallest absolute Gasteiger partial charge is 0.252 e. The largest absolute Gasteiger partial charge is 0.497 e. The van der Waals surface area contributed by atoms with E-state index in [-0.39, 0.29) is 17.5 Å². The summed E-state index contributed by atoms with van der Waals surface area (Å²) >= 11 is 0. The van der Waals surface area contributed by atoms with Crippen molar-refractivity contribution < 1.29 is 9.47 Å². The molecule has 0 unspecified atom stereocenters. The number of benzene rings is 3. The molecule has 0 spiro atoms. The van der Waals surface area contributed by atoms with E-state index >= 15 is 0 Å². The highest BCUT2D eigenvalue weighted by Crippen LogP contribution is 2.31. The average molecular weight is 539 g/mol. The fourth-order valence-corrected chi connectivity index (χ4v) is 5.09. The predicted octanol–water partition coefficient (Wildman–Crippen LogP) is 4.98. The van der Waals surface area contributed by atoms with Gasteiger partial charge in [0.05, 0.1) is 26.8 Å². The minimum absolute atomic E-state index is 0.115. The molecule has 5 rings (SSSR count). The van der Waals surface area contributed by atoms with Gasteiger partial charge in [0.15, 0.2) is 5.82 Å². The fourth-order valence-electron chi connectivity index (χ4n) is 5.09. The summed E-state index contributed by atoms with van der Waals surface area (Å²) in [6.45, 7) is 5.87. The van der Waals surface area contributed by atoms with Crippen LogP contribution in [0.1, 0.15) is 42.4 Å². The van der Waals surface area contributed by atoms with Crippen LogP contribution in [0.25, 0.3) is 10.9 Å². The second kappa shape index (κ2) is 12.1. The lowest BCUT2D eigenvalue weighted by Gasteiger charge is -2.33. The summed E-state index contributed by atoms with van der Waals surface area (Å²) in [7, 11) is 3.29. The first kappa shape index (κ1) is 27.1. The molecule has 0 aliphatic heterocycles. The zero-order valence-corrected chi connectivity index (χ0v) is 23.2. The Morgan fingerprint density at radius 2 is 1.60 bits per heavy atom. The second-order valence-corrected chi connectivity index (χ2v) is 10.2. The summed E-state index contributed by atoms with van der Waals surface area (Å²) in [4.78, 5) is 18.6. The van der Waals surface area contributed by atoms with Gasteiger partial charge in [0.1, 0.15) is 11.5 Å². The minimum Gasteiger partial charge on any atom is -0.497 e. The monoisotopic (exact) mass is 538 g/mol. The normalized spacial score (nSPS) is 12.2. The summed E-state index contributed by atoms with van der Waals surface area (Å²) in [5.41, 5.74) is 3.52. The molecule has 40 heavy (non-hydrogen) atoms. The van der Waals surface area contributed by atoms with Gasteiger partial charge in [-0.1, -0.05) is 56.3 Å². The van der Waals surface area contributed by atoms with Gasteiger partial charge in [0, 0.05) is 29.6 Å². The molecule has 1 N–H and O–H groups in total. The van der Waals surface area contributed by atoms with Crippen LogP contribution in [0.5, 0.6) is 11.5 Å². The highest BCUT2D eigenvalue weighted by atomic mass is 16.5. The maximum Gasteiger partial charge on any atom is 0.252 e. The quantitative estimate of drug-likeness (QED) is 0.253. The van der Waals surface area contributed by atoms with E-state index in [4.69, 9.17) is 9.47 Å². The first-order chi connectivity index (χ1) is 19.4. The van der Waals surface area contributed by atoms with E-state index in [1.165, 1.54) is 0 Å². The van der Waals surface area contributed by atoms with Gasteiger partial charge >= 0.3 is 0 Å². The Bertz CT molecular complexity index is 1610. The van der Waals surface area contributed by atoms with Gasteiger partial charge in [-0.15, -0.1) is 5.10 Å². The van der Waals surface area contributed by atoms with Crippen LogP contribution in [-0.4, -0.2) is 44.3 Å². The number of ether oxygens (including phenoxy) is 2. The topological polar surface area (TPSA) is 98.2 Å². The Balaban J connectivity index is 1.53. The van der Waals surface area contributed by atoms with Crippen molar-refractivity contribution >= 4 is 10.9 Å². The number of H-pyrrole nitrogens is 1. The van der Waals surface area contributed by atoms with Gasteiger partial charge < -0.3 is 14.5 Å². The number of rotatable bonds is 11. The lowest BCUT2D eigenvalue weighted by atomic mass is 9.99. The lowest BCUT2D eigenvalue weighted by molar-refractivity contribution is 0.126. The van der Waals surface area contributed by atoms with E-state index in [0.717, 1.165) is 39.4 Å². The molecule has 9 nitrogen and oxygen atoms in total. The van der Waals surface area contributed by atoms with Crippen molar-refractivity contribution in [2.45, 2.75) is 39.5 Å². The summed E-state index contributed by atoms with van der Waals surface area (Å²) < 4.78 is 12.6. The SMILES string of the molecule is COc1ccc(Cn2nnnc2[C@@H](C(C)C)N(Cc2ccccc2)Cc2cc3cc(OC)ccc3[nH]c2=O)cc1. The van der Waals surface area contributed by atoms with Crippen LogP contribution in [-0.2, 0) is 19.6 Å². The van der Waals surface area contributed by atoms with E-state index in [0.29, 0.717) is 25.2 Å². The number of pyridine rings is 1. The number of tetrazole rings is 1. The van der Waals surface area contributed by atoms with E-state index < -0.39 is 0 Å². The lowest BCUT2D eigenvalue weighted by Crippen LogP contribution is -2.35. The number of aromatic amines is 1. The van der Waals surface area contributed by atoms with Crippen molar-refractivity contribution in [3.63, 3.8) is 0 Å². The first-order valence-corrected chi connectivity index (χ1v) is 13.3. The zero-order chi connectivity index (χ0) is 28.1. The summed E-state index contributed by atoms with van der Waals surface area (Å²) in [5.74, 6) is 2.45. The third-order valence-corrected chi connectivity index (χ3v) is 7.07. The molecule has 0 aliphatic carbocycles. The standard InChI is InChI=1S/C31H34N6O3/c1-21(2)29(30-33-34-35-37(30)19-23-10-12-26(39-3)13-11-23)36(18-22-8-6-5-7-9-22)20-25-16-24-17-27(40-4)14-15-28(24)32-31(25)38/h5-17,21,29H,18-20H2,1-4H3,(H,32,38)/t29-/m1/s1. The molecule has 206 valence electrons. The Labute approximate surface area is 233 Å². The molecule has 0 radical (unpaired) electrons. The number of hydrogen-bond acceptors (Lipinski definition) is 7. The molecule has 5 aromatic rings. The molecular weight excluding hydrogens is 504 g/mol. The molecule has 0 fully saturated rings. The van der Waals surface area contributed by atoms with Gasteiger partial charge in [-0.2, -0.15) is 0 Å². The maximum absolute atomic E-state index is 13.2. The molecule has 3 aromatic carbocycles. The van der Waals surface area contributed by atoms with Crippen LogP contribution in [0.3, 0.4) is 0 Å². The number of aromatic nitrogens is 5. The zero-order valence-electron chi connectivity index (χ0n) is 23.2. The highest BCUT2D eigenvalue weighted by Gasteiger charge is 2.30. The number of nitrogens with zero attached hydrogens (tertiary/aromatic N) is 5. The number of methoxy groups -OCH3 is 2. The predicted molar refractivity (Wildman–Crippen MR) is 154 cm³/mol. The Morgan fingerprint density at radius 1 is 0.875 bits per heavy atom. The molecule has 0 aliphatic rings. The molecule has 0 saturated carbocycles. The van der Waals surface area contributed by atoms with Gasteiger partial charge in [-0.25, -0.2) is 4.68 Å². The van der Waals surface area contributed by atoms with Gasteiger partial charge in [-0.05, 0) is 63.9 Å². The van der Waals surface area contributed by atoms with Crippen LogP contribution in [0.15, 0.2) is 83.7 Å². The summed E-state index contributed by atoms with van der Waals surface area (Å²) in [6, 6.07) is 25.6. The Hall–Kier alpha value is -4.50. The minimum atomic E-state index is -0.158. The van der Waals surface area contributed by atoms with Crippen LogP contribution < -0.4 is 15.0 Å². The van der Waals surface area contributed by atoms with Gasteiger partial charge in [-0.3, -0.25) is 9.69 Å². The van der Waals surface area contributed by atoms with Gasteiger partial charge in [0.25, 0.3) is 5.56 Å². The molecule has 2 aromatic heterocycles. The second-order valence-electron chi connectivity index (χ2n) is 10.2. The van der Waals surface area contributed by atoms with E-state index in [1.54, 1.807) is 14.2 Å². The Morgan fingerprint density at radius 3 is 2.30 bits per heavy atom. The first-order valence-electron chi connectivity index (χ1n) is 13.3. The number of nitrogens with one attached hydrogen (secondary N) is 1. The number of hydrogen-bond donors (Lipinski definition) is 1. The maximum atomic E-state index is 13.2. The van der Waals surface area contributed by atoms with Crippen molar-refractivity contribution in [2.75, 3.05) is 14.2 Å². The third-order valence-electron chi connectivity index (χ3n) is 7.07.